The number of rotatable bonds is 7. The molecule has 13 heteroatoms. The van der Waals surface area contributed by atoms with Crippen LogP contribution in [-0.2, 0) is 9.59 Å². The van der Waals surface area contributed by atoms with Gasteiger partial charge in [-0.15, -0.1) is 0 Å². The molecule has 1 saturated carbocycles. The van der Waals surface area contributed by atoms with E-state index in [1.54, 1.807) is 0 Å². The van der Waals surface area contributed by atoms with E-state index in [0.717, 1.165) is 29.2 Å². The predicted octanol–water partition coefficient (Wildman–Crippen LogP) is 3.82. The fraction of sp³-hybridized carbons (Fsp3) is 0.259. The van der Waals surface area contributed by atoms with Gasteiger partial charge in [0.25, 0.3) is 0 Å². The molecule has 4 amide bonds. The second-order valence-electron chi connectivity index (χ2n) is 9.59. The van der Waals surface area contributed by atoms with Crippen LogP contribution in [0.3, 0.4) is 0 Å². The number of ether oxygens (including phenoxy) is 1. The third-order valence-corrected chi connectivity index (χ3v) is 6.81. The molecule has 0 spiro atoms. The van der Waals surface area contributed by atoms with Crippen LogP contribution < -0.4 is 20.7 Å². The van der Waals surface area contributed by atoms with Crippen LogP contribution in [0.1, 0.15) is 19.3 Å². The number of primary amides is 1. The van der Waals surface area contributed by atoms with Gasteiger partial charge in [0.2, 0.25) is 11.8 Å². The molecule has 5 rings (SSSR count). The van der Waals surface area contributed by atoms with E-state index in [0.29, 0.717) is 13.0 Å². The number of carbonyl (C=O) groups excluding carboxylic acids is 3. The van der Waals surface area contributed by atoms with Gasteiger partial charge in [-0.3, -0.25) is 19.8 Å². The Labute approximate surface area is 226 Å². The van der Waals surface area contributed by atoms with Crippen LogP contribution in [0.15, 0.2) is 54.7 Å². The quantitative estimate of drug-likeness (QED) is 0.379. The van der Waals surface area contributed by atoms with Crippen molar-refractivity contribution >= 4 is 35.0 Å². The number of likely N-dealkylation sites (tertiary alicyclic amines) is 1. The van der Waals surface area contributed by atoms with Crippen LogP contribution >= 0.6 is 0 Å². The molecular weight excluding hydrogens is 531 g/mol. The van der Waals surface area contributed by atoms with Crippen molar-refractivity contribution in [3.05, 3.63) is 72.2 Å². The summed E-state index contributed by atoms with van der Waals surface area (Å²) < 4.78 is 49.8. The number of nitrogens with zero attached hydrogens (tertiary/aromatic N) is 3. The molecule has 4 N–H and O–H groups in total. The standard InChI is InChI=1S/C27H24F3N5O5/c28-15-1-3-16(4-2-15)35(25(38)27(7-8-27)24(31)37)21-12-20(30)22(13-19(21)29)40-18-5-9-32-23(11-18)33-26(39)34-10-6-17(36)14-34/h1-5,9,11-13,17,36H,6-8,10,14H2,(H2,31,37)(H,32,33,39)/t17-/m0/s1. The summed E-state index contributed by atoms with van der Waals surface area (Å²) in [6, 6.07) is 8.09. The van der Waals surface area contributed by atoms with Crippen LogP contribution in [0.2, 0.25) is 0 Å². The molecule has 0 bridgehead atoms. The Morgan fingerprint density at radius 1 is 1.07 bits per heavy atom. The van der Waals surface area contributed by atoms with Crippen molar-refractivity contribution < 1.29 is 37.4 Å². The van der Waals surface area contributed by atoms with Crippen LogP contribution in [0.4, 0.5) is 35.2 Å². The summed E-state index contributed by atoms with van der Waals surface area (Å²) in [6.45, 7) is 0.550. The minimum atomic E-state index is -1.57. The zero-order chi connectivity index (χ0) is 28.6. The third kappa shape index (κ3) is 5.27. The molecule has 10 nitrogen and oxygen atoms in total. The van der Waals surface area contributed by atoms with Crippen molar-refractivity contribution in [3.63, 3.8) is 0 Å². The van der Waals surface area contributed by atoms with Gasteiger partial charge in [-0.05, 0) is 49.6 Å². The topological polar surface area (TPSA) is 138 Å². The Morgan fingerprint density at radius 3 is 2.42 bits per heavy atom. The van der Waals surface area contributed by atoms with Gasteiger partial charge in [0.1, 0.15) is 22.8 Å². The number of β-amino-alcohol motifs (C(OH)–C–C–N with tert-alkyl or cyclic N) is 1. The first-order valence-electron chi connectivity index (χ1n) is 12.3. The Kier molecular flexibility index (Phi) is 7.06. The van der Waals surface area contributed by atoms with Crippen molar-refractivity contribution in [2.75, 3.05) is 23.3 Å². The SMILES string of the molecule is NC(=O)C1(C(=O)N(c2ccc(F)cc2)c2cc(F)c(Oc3ccnc(NC(=O)N4CC[C@H](O)C4)c3)cc2F)CC1. The lowest BCUT2D eigenvalue weighted by Crippen LogP contribution is -2.41. The molecule has 2 heterocycles. The highest BCUT2D eigenvalue weighted by Gasteiger charge is 2.57. The van der Waals surface area contributed by atoms with Gasteiger partial charge in [-0.25, -0.2) is 22.9 Å². The Hall–Kier alpha value is -4.65. The maximum atomic E-state index is 15.4. The van der Waals surface area contributed by atoms with E-state index in [9.17, 15) is 23.9 Å². The van der Waals surface area contributed by atoms with Crippen LogP contribution in [0, 0.1) is 22.9 Å². The minimum absolute atomic E-state index is 0.00549. The number of urea groups is 1. The molecule has 2 aliphatic rings. The summed E-state index contributed by atoms with van der Waals surface area (Å²) in [7, 11) is 0. The van der Waals surface area contributed by atoms with Gasteiger partial charge < -0.3 is 20.5 Å². The number of aliphatic hydroxyl groups excluding tert-OH is 1. The Bertz CT molecular complexity index is 1480. The molecule has 2 aromatic carbocycles. The van der Waals surface area contributed by atoms with Gasteiger partial charge in [-0.1, -0.05) is 0 Å². The van der Waals surface area contributed by atoms with E-state index in [1.807, 2.05) is 0 Å². The Morgan fingerprint density at radius 2 is 1.80 bits per heavy atom. The van der Waals surface area contributed by atoms with Gasteiger partial charge >= 0.3 is 6.03 Å². The summed E-state index contributed by atoms with van der Waals surface area (Å²) in [4.78, 5) is 44.0. The number of benzene rings is 2. The van der Waals surface area contributed by atoms with Gasteiger partial charge in [0.05, 0.1) is 11.8 Å². The number of nitrogens with one attached hydrogen (secondary N) is 1. The highest BCUT2D eigenvalue weighted by molar-refractivity contribution is 6.16. The number of carbonyl (C=O) groups is 3. The van der Waals surface area contributed by atoms with Crippen molar-refractivity contribution in [1.29, 1.82) is 0 Å². The van der Waals surface area contributed by atoms with E-state index >= 15 is 8.78 Å². The summed E-state index contributed by atoms with van der Waals surface area (Å²) in [6.07, 6.45) is 1.43. The molecule has 2 fully saturated rings. The maximum absolute atomic E-state index is 15.4. The largest absolute Gasteiger partial charge is 0.454 e. The number of hydrogen-bond acceptors (Lipinski definition) is 6. The summed E-state index contributed by atoms with van der Waals surface area (Å²) in [5.74, 6) is -4.92. The highest BCUT2D eigenvalue weighted by atomic mass is 19.1. The number of amides is 4. The van der Waals surface area contributed by atoms with E-state index < -0.39 is 58.3 Å². The lowest BCUT2D eigenvalue weighted by Gasteiger charge is -2.27. The van der Waals surface area contributed by atoms with Gasteiger partial charge in [0.15, 0.2) is 17.4 Å². The van der Waals surface area contributed by atoms with Crippen LogP contribution in [0.5, 0.6) is 11.5 Å². The fourth-order valence-corrected chi connectivity index (χ4v) is 4.41. The van der Waals surface area contributed by atoms with Crippen molar-refractivity contribution in [2.45, 2.75) is 25.4 Å². The van der Waals surface area contributed by atoms with Crippen molar-refractivity contribution in [1.82, 2.24) is 9.88 Å². The van der Waals surface area contributed by atoms with E-state index in [-0.39, 0.29) is 36.6 Å². The molecule has 1 aliphatic carbocycles. The zero-order valence-electron chi connectivity index (χ0n) is 20.9. The third-order valence-electron chi connectivity index (χ3n) is 6.81. The molecule has 0 radical (unpaired) electrons. The number of aromatic nitrogens is 1. The predicted molar refractivity (Wildman–Crippen MR) is 136 cm³/mol. The number of hydrogen-bond donors (Lipinski definition) is 3. The Balaban J connectivity index is 1.41. The van der Waals surface area contributed by atoms with Crippen molar-refractivity contribution in [2.24, 2.45) is 11.1 Å². The average molecular weight is 556 g/mol. The summed E-state index contributed by atoms with van der Waals surface area (Å²) in [5.41, 5.74) is 3.34. The van der Waals surface area contributed by atoms with E-state index in [2.05, 4.69) is 10.3 Å². The summed E-state index contributed by atoms with van der Waals surface area (Å²) in [5, 5.41) is 12.2. The second kappa shape index (κ2) is 10.5. The smallest absolute Gasteiger partial charge is 0.323 e. The number of nitrogens with two attached hydrogens (primary N) is 1. The first kappa shape index (κ1) is 26.9. The summed E-state index contributed by atoms with van der Waals surface area (Å²) >= 11 is 0. The lowest BCUT2D eigenvalue weighted by atomic mass is 10.0. The molecule has 208 valence electrons. The second-order valence-corrected chi connectivity index (χ2v) is 9.59. The monoisotopic (exact) mass is 555 g/mol. The molecule has 3 aromatic rings. The molecule has 0 unspecified atom stereocenters. The molecule has 1 aliphatic heterocycles. The average Bonchev–Trinajstić information content (AvgIpc) is 3.62. The zero-order valence-corrected chi connectivity index (χ0v) is 20.9. The molecule has 40 heavy (non-hydrogen) atoms. The normalized spacial score (nSPS) is 17.3. The number of aliphatic hydroxyl groups is 1. The van der Waals surface area contributed by atoms with E-state index in [4.69, 9.17) is 10.5 Å². The number of anilines is 3. The van der Waals surface area contributed by atoms with Crippen LogP contribution in [0.25, 0.3) is 0 Å². The minimum Gasteiger partial charge on any atom is -0.454 e. The molecular formula is C27H24F3N5O5. The molecule has 1 saturated heterocycles. The maximum Gasteiger partial charge on any atom is 0.323 e. The first-order chi connectivity index (χ1) is 19.1. The number of pyridine rings is 1. The fourth-order valence-electron chi connectivity index (χ4n) is 4.41. The van der Waals surface area contributed by atoms with Crippen molar-refractivity contribution in [3.8, 4) is 11.5 Å². The van der Waals surface area contributed by atoms with E-state index in [1.165, 1.54) is 35.4 Å². The highest BCUT2D eigenvalue weighted by Crippen LogP contribution is 2.49. The van der Waals surface area contributed by atoms with Crippen LogP contribution in [-0.4, -0.2) is 52.0 Å². The molecule has 1 aromatic heterocycles. The van der Waals surface area contributed by atoms with Gasteiger partial charge in [-0.2, -0.15) is 0 Å². The first-order valence-corrected chi connectivity index (χ1v) is 12.3. The lowest BCUT2D eigenvalue weighted by molar-refractivity contribution is -0.133. The number of halogens is 3. The molecule has 1 atom stereocenters. The van der Waals surface area contributed by atoms with Gasteiger partial charge in [0, 0.05) is 43.2 Å².